The molecule has 2 N–H and O–H groups in total. The third-order valence-electron chi connectivity index (χ3n) is 4.57. The molecule has 1 aromatic rings. The molecule has 0 aromatic heterocycles. The third-order valence-corrected chi connectivity index (χ3v) is 4.57. The summed E-state index contributed by atoms with van der Waals surface area (Å²) in [5, 5.41) is 22.4. The van der Waals surface area contributed by atoms with E-state index in [1.54, 1.807) is 0 Å². The van der Waals surface area contributed by atoms with Gasteiger partial charge in [-0.15, -0.1) is 0 Å². The van der Waals surface area contributed by atoms with Crippen molar-refractivity contribution in [2.45, 2.75) is 69.9 Å². The van der Waals surface area contributed by atoms with Gasteiger partial charge in [0.2, 0.25) is 5.91 Å². The van der Waals surface area contributed by atoms with E-state index in [1.165, 1.54) is 5.56 Å². The fraction of sp³-hybridized carbons (Fsp3) is 0.579. The lowest BCUT2D eigenvalue weighted by Crippen LogP contribution is -2.36. The number of hydrogen-bond acceptors (Lipinski definition) is 3. The van der Waals surface area contributed by atoms with Crippen LogP contribution < -0.4 is 5.32 Å². The van der Waals surface area contributed by atoms with E-state index in [1.807, 2.05) is 24.3 Å². The molecule has 23 heavy (non-hydrogen) atoms. The molecular formula is C19H26N2O2. The van der Waals surface area contributed by atoms with E-state index in [0.29, 0.717) is 12.8 Å². The van der Waals surface area contributed by atoms with Gasteiger partial charge in [-0.1, -0.05) is 57.9 Å². The third kappa shape index (κ3) is 4.56. The highest BCUT2D eigenvalue weighted by molar-refractivity contribution is 5.78. The standard InChI is InChI=1S/C19H26N2O2/c1-18(2,3)15-8-6-14(7-9-15)16(13-20)21-17(22)12-19(23)10-4-5-11-19/h6-9,16,23H,4-5,10-12H2,1-3H3,(H,21,22). The summed E-state index contributed by atoms with van der Waals surface area (Å²) in [6.45, 7) is 6.40. The molecule has 124 valence electrons. The quantitative estimate of drug-likeness (QED) is 0.895. The zero-order valence-electron chi connectivity index (χ0n) is 14.2. The highest BCUT2D eigenvalue weighted by Crippen LogP contribution is 2.32. The zero-order valence-corrected chi connectivity index (χ0v) is 14.2. The van der Waals surface area contributed by atoms with Crippen molar-refractivity contribution >= 4 is 5.91 Å². The Hall–Kier alpha value is -1.86. The van der Waals surface area contributed by atoms with Gasteiger partial charge in [0.05, 0.1) is 18.1 Å². The molecule has 2 rings (SSSR count). The molecule has 1 saturated carbocycles. The van der Waals surface area contributed by atoms with E-state index in [2.05, 4.69) is 32.2 Å². The van der Waals surface area contributed by atoms with E-state index in [0.717, 1.165) is 18.4 Å². The van der Waals surface area contributed by atoms with Crippen LogP contribution in [0.1, 0.15) is 70.0 Å². The van der Waals surface area contributed by atoms with Crippen LogP contribution in [-0.4, -0.2) is 16.6 Å². The molecule has 1 aromatic carbocycles. The minimum atomic E-state index is -0.889. The SMILES string of the molecule is CC(C)(C)c1ccc(C(C#N)NC(=O)CC2(O)CCCC2)cc1. The van der Waals surface area contributed by atoms with Crippen molar-refractivity contribution in [2.24, 2.45) is 0 Å². The van der Waals surface area contributed by atoms with Crippen LogP contribution in [0.3, 0.4) is 0 Å². The summed E-state index contributed by atoms with van der Waals surface area (Å²) >= 11 is 0. The first kappa shape index (κ1) is 17.5. The fourth-order valence-corrected chi connectivity index (χ4v) is 3.09. The Bertz CT molecular complexity index is 587. The molecule has 0 saturated heterocycles. The fourth-order valence-electron chi connectivity index (χ4n) is 3.09. The van der Waals surface area contributed by atoms with Crippen molar-refractivity contribution in [1.82, 2.24) is 5.32 Å². The molecule has 4 nitrogen and oxygen atoms in total. The number of carbonyl (C=O) groups excluding carboxylic acids is 1. The Morgan fingerprint density at radius 2 is 1.87 bits per heavy atom. The first-order valence-electron chi connectivity index (χ1n) is 8.25. The number of nitrogens with zero attached hydrogens (tertiary/aromatic N) is 1. The molecule has 1 aliphatic carbocycles. The topological polar surface area (TPSA) is 73.1 Å². The monoisotopic (exact) mass is 314 g/mol. The molecule has 1 aliphatic rings. The Balaban J connectivity index is 2.02. The van der Waals surface area contributed by atoms with Gasteiger partial charge in [0.1, 0.15) is 6.04 Å². The van der Waals surface area contributed by atoms with Crippen molar-refractivity contribution in [3.05, 3.63) is 35.4 Å². The van der Waals surface area contributed by atoms with Gasteiger partial charge in [0.25, 0.3) is 0 Å². The molecule has 1 atom stereocenters. The maximum atomic E-state index is 12.2. The molecule has 4 heteroatoms. The second kappa shape index (κ2) is 6.72. The molecule has 0 heterocycles. The summed E-state index contributed by atoms with van der Waals surface area (Å²) < 4.78 is 0. The Morgan fingerprint density at radius 1 is 1.30 bits per heavy atom. The lowest BCUT2D eigenvalue weighted by atomic mass is 9.86. The number of rotatable bonds is 4. The number of benzene rings is 1. The number of nitriles is 1. The van der Waals surface area contributed by atoms with Gasteiger partial charge in [-0.2, -0.15) is 5.26 Å². The summed E-state index contributed by atoms with van der Waals surface area (Å²) in [7, 11) is 0. The number of carbonyl (C=O) groups is 1. The minimum Gasteiger partial charge on any atom is -0.389 e. The van der Waals surface area contributed by atoms with Crippen molar-refractivity contribution in [3.8, 4) is 6.07 Å². The van der Waals surface area contributed by atoms with Crippen LogP contribution in [-0.2, 0) is 10.2 Å². The highest BCUT2D eigenvalue weighted by atomic mass is 16.3. The van der Waals surface area contributed by atoms with Crippen LogP contribution in [0.25, 0.3) is 0 Å². The van der Waals surface area contributed by atoms with E-state index in [-0.39, 0.29) is 17.7 Å². The summed E-state index contributed by atoms with van der Waals surface area (Å²) in [4.78, 5) is 12.2. The second-order valence-electron chi connectivity index (χ2n) is 7.61. The van der Waals surface area contributed by atoms with Crippen LogP contribution in [0.15, 0.2) is 24.3 Å². The summed E-state index contributed by atoms with van der Waals surface area (Å²) in [5.74, 6) is -0.263. The first-order chi connectivity index (χ1) is 10.7. The van der Waals surface area contributed by atoms with Gasteiger partial charge in [-0.05, 0) is 29.4 Å². The van der Waals surface area contributed by atoms with Gasteiger partial charge in [0.15, 0.2) is 0 Å². The maximum absolute atomic E-state index is 12.2. The number of hydrogen-bond donors (Lipinski definition) is 2. The number of nitrogens with one attached hydrogen (secondary N) is 1. The highest BCUT2D eigenvalue weighted by Gasteiger charge is 2.34. The smallest absolute Gasteiger partial charge is 0.224 e. The average molecular weight is 314 g/mol. The second-order valence-corrected chi connectivity index (χ2v) is 7.61. The van der Waals surface area contributed by atoms with Gasteiger partial charge >= 0.3 is 0 Å². The van der Waals surface area contributed by atoms with Crippen LogP contribution in [0.2, 0.25) is 0 Å². The van der Waals surface area contributed by atoms with Crippen LogP contribution in [0, 0.1) is 11.3 Å². The Kier molecular flexibility index (Phi) is 5.11. The molecule has 1 amide bonds. The molecule has 0 aliphatic heterocycles. The molecular weight excluding hydrogens is 288 g/mol. The summed E-state index contributed by atoms with van der Waals surface area (Å²) in [5.41, 5.74) is 1.12. The Labute approximate surface area is 138 Å². The summed E-state index contributed by atoms with van der Waals surface area (Å²) in [6, 6.07) is 9.22. The van der Waals surface area contributed by atoms with Crippen LogP contribution in [0.4, 0.5) is 0 Å². The summed E-state index contributed by atoms with van der Waals surface area (Å²) in [6.07, 6.45) is 3.32. The predicted molar refractivity (Wildman–Crippen MR) is 89.7 cm³/mol. The zero-order chi connectivity index (χ0) is 17.1. The lowest BCUT2D eigenvalue weighted by molar-refractivity contribution is -0.126. The van der Waals surface area contributed by atoms with E-state index >= 15 is 0 Å². The van der Waals surface area contributed by atoms with E-state index in [4.69, 9.17) is 0 Å². The lowest BCUT2D eigenvalue weighted by Gasteiger charge is -2.23. The molecule has 1 unspecified atom stereocenters. The largest absolute Gasteiger partial charge is 0.389 e. The molecule has 0 spiro atoms. The predicted octanol–water partition coefficient (Wildman–Crippen LogP) is 3.36. The van der Waals surface area contributed by atoms with Gasteiger partial charge in [0, 0.05) is 0 Å². The maximum Gasteiger partial charge on any atom is 0.224 e. The van der Waals surface area contributed by atoms with Crippen molar-refractivity contribution in [2.75, 3.05) is 0 Å². The average Bonchev–Trinajstić information content (AvgIpc) is 2.90. The minimum absolute atomic E-state index is 0.0513. The van der Waals surface area contributed by atoms with Gasteiger partial charge in [-0.25, -0.2) is 0 Å². The van der Waals surface area contributed by atoms with Crippen LogP contribution in [0.5, 0.6) is 0 Å². The first-order valence-corrected chi connectivity index (χ1v) is 8.25. The van der Waals surface area contributed by atoms with Crippen LogP contribution >= 0.6 is 0 Å². The van der Waals surface area contributed by atoms with E-state index < -0.39 is 11.6 Å². The molecule has 0 bridgehead atoms. The molecule has 0 radical (unpaired) electrons. The molecule has 1 fully saturated rings. The number of aliphatic hydroxyl groups is 1. The van der Waals surface area contributed by atoms with Gasteiger partial charge < -0.3 is 10.4 Å². The van der Waals surface area contributed by atoms with Crippen molar-refractivity contribution in [1.29, 1.82) is 5.26 Å². The van der Waals surface area contributed by atoms with E-state index in [9.17, 15) is 15.2 Å². The number of amides is 1. The van der Waals surface area contributed by atoms with Crippen molar-refractivity contribution < 1.29 is 9.90 Å². The van der Waals surface area contributed by atoms with Crippen molar-refractivity contribution in [3.63, 3.8) is 0 Å². The Morgan fingerprint density at radius 3 is 2.35 bits per heavy atom. The van der Waals surface area contributed by atoms with Gasteiger partial charge in [-0.3, -0.25) is 4.79 Å². The normalized spacial score (nSPS) is 18.2.